The van der Waals surface area contributed by atoms with Crippen LogP contribution in [-0.2, 0) is 55.8 Å². The van der Waals surface area contributed by atoms with Crippen molar-refractivity contribution in [3.8, 4) is 5.75 Å². The van der Waals surface area contributed by atoms with Gasteiger partial charge in [0.1, 0.15) is 48.4 Å². The van der Waals surface area contributed by atoms with Crippen LogP contribution in [0, 0.1) is 0 Å². The van der Waals surface area contributed by atoms with Gasteiger partial charge in [0.2, 0.25) is 0 Å². The molecule has 0 radical (unpaired) electrons. The Morgan fingerprint density at radius 3 is 1.98 bits per heavy atom. The number of nitrogens with zero attached hydrogens (tertiary/aromatic N) is 1. The number of fused-ring (bicyclic) bond motifs is 2. The molecular weight excluding hydrogens is 839 g/mol. The molecule has 4 aliphatic rings. The standard InChI is InChI=1S/C50H49NO14/c1-56-34-24-22-31(23-25-34)26-58-28-37-40(52)43(59-27-30-14-6-3-7-15-30)44(63-47(55)32-16-8-4-9-17-32)50(61-37)65-42-39(51-45(53)35-20-12-13-21-36(35)46(51)54)49(57-2)62-38-29-60-48(64-41(38)42)33-18-10-5-11-19-33/h3-25,37-44,48-50,52H,26-29H2,1-2H3/t37-,38-,39-,40-,41-,42-,43+,44-,48-,49-,50+/m1/s1. The number of amides is 2. The van der Waals surface area contributed by atoms with Crippen LogP contribution in [0.3, 0.4) is 0 Å². The Labute approximate surface area is 375 Å². The van der Waals surface area contributed by atoms with Crippen LogP contribution in [0.25, 0.3) is 0 Å². The third-order valence-corrected chi connectivity index (χ3v) is 11.9. The van der Waals surface area contributed by atoms with Crippen LogP contribution in [0.5, 0.6) is 5.75 Å². The zero-order chi connectivity index (χ0) is 44.9. The SMILES string of the molecule is COc1ccc(COC[C@H]2O[C@@H](O[C@H]3[C@@H]4O[C@H](c5ccccc5)OC[C@H]4O[C@@H](OC)[C@@H]3N3C(=O)c4ccccc4C3=O)[C@H](OC(=O)c3ccccc3)[C@@H](OCc3ccccc3)[C@@H]2O)cc1. The molecule has 1 N–H and O–H groups in total. The van der Waals surface area contributed by atoms with E-state index < -0.39 is 85.4 Å². The van der Waals surface area contributed by atoms with Gasteiger partial charge in [0.15, 0.2) is 25.0 Å². The van der Waals surface area contributed by atoms with Gasteiger partial charge in [0.25, 0.3) is 11.8 Å². The summed E-state index contributed by atoms with van der Waals surface area (Å²) < 4.78 is 63.3. The molecule has 2 amide bonds. The quantitative estimate of drug-likeness (QED) is 0.101. The predicted molar refractivity (Wildman–Crippen MR) is 229 cm³/mol. The van der Waals surface area contributed by atoms with Crippen LogP contribution in [0.2, 0.25) is 0 Å². The van der Waals surface area contributed by atoms with Crippen LogP contribution in [0.15, 0.2) is 140 Å². The fraction of sp³-hybridized carbons (Fsp3) is 0.340. The van der Waals surface area contributed by atoms with E-state index in [-0.39, 0.29) is 43.1 Å². The van der Waals surface area contributed by atoms with Gasteiger partial charge in [-0.05, 0) is 47.5 Å². The molecule has 15 heteroatoms. The average Bonchev–Trinajstić information content (AvgIpc) is 3.61. The van der Waals surface area contributed by atoms with E-state index in [9.17, 15) is 19.5 Å². The third kappa shape index (κ3) is 9.47. The Morgan fingerprint density at radius 2 is 1.32 bits per heavy atom. The first-order valence-corrected chi connectivity index (χ1v) is 21.4. The average molecular weight is 888 g/mol. The zero-order valence-corrected chi connectivity index (χ0v) is 35.7. The maximum absolute atomic E-state index is 14.4. The summed E-state index contributed by atoms with van der Waals surface area (Å²) >= 11 is 0. The fourth-order valence-corrected chi connectivity index (χ4v) is 8.60. The van der Waals surface area contributed by atoms with Crippen molar-refractivity contribution in [2.45, 2.75) is 80.9 Å². The molecule has 0 saturated carbocycles. The van der Waals surface area contributed by atoms with Crippen molar-refractivity contribution in [1.82, 2.24) is 4.90 Å². The number of methoxy groups -OCH3 is 2. The number of rotatable bonds is 15. The van der Waals surface area contributed by atoms with Crippen LogP contribution >= 0.6 is 0 Å². The van der Waals surface area contributed by atoms with Gasteiger partial charge in [0, 0.05) is 12.7 Å². The fourth-order valence-electron chi connectivity index (χ4n) is 8.60. The molecule has 65 heavy (non-hydrogen) atoms. The van der Waals surface area contributed by atoms with E-state index in [0.717, 1.165) is 16.0 Å². The lowest BCUT2D eigenvalue weighted by Crippen LogP contribution is -2.70. The van der Waals surface area contributed by atoms with E-state index in [1.54, 1.807) is 61.7 Å². The summed E-state index contributed by atoms with van der Waals surface area (Å²) in [6, 6.07) is 39.5. The van der Waals surface area contributed by atoms with Crippen molar-refractivity contribution in [2.24, 2.45) is 0 Å². The lowest BCUT2D eigenvalue weighted by atomic mass is 9.93. The Morgan fingerprint density at radius 1 is 0.692 bits per heavy atom. The number of aliphatic hydroxyl groups excluding tert-OH is 1. The van der Waals surface area contributed by atoms with Crippen molar-refractivity contribution < 1.29 is 66.9 Å². The van der Waals surface area contributed by atoms with Gasteiger partial charge in [0.05, 0.1) is 50.2 Å². The zero-order valence-electron chi connectivity index (χ0n) is 35.7. The van der Waals surface area contributed by atoms with Crippen molar-refractivity contribution in [3.05, 3.63) is 173 Å². The van der Waals surface area contributed by atoms with Crippen molar-refractivity contribution >= 4 is 17.8 Å². The van der Waals surface area contributed by atoms with Crippen LogP contribution in [-0.4, -0.2) is 117 Å². The van der Waals surface area contributed by atoms with Gasteiger partial charge in [-0.3, -0.25) is 14.5 Å². The Hall–Kier alpha value is -5.85. The van der Waals surface area contributed by atoms with E-state index in [0.29, 0.717) is 11.3 Å². The second-order valence-corrected chi connectivity index (χ2v) is 16.0. The first-order valence-electron chi connectivity index (χ1n) is 21.4. The van der Waals surface area contributed by atoms with Crippen molar-refractivity contribution in [3.63, 3.8) is 0 Å². The lowest BCUT2D eigenvalue weighted by Gasteiger charge is -2.52. The van der Waals surface area contributed by atoms with Crippen LogP contribution in [0.4, 0.5) is 0 Å². The molecule has 15 nitrogen and oxygen atoms in total. The molecule has 0 aliphatic carbocycles. The van der Waals surface area contributed by atoms with Gasteiger partial charge >= 0.3 is 5.97 Å². The topological polar surface area (TPSA) is 167 Å². The van der Waals surface area contributed by atoms with E-state index >= 15 is 0 Å². The summed E-state index contributed by atoms with van der Waals surface area (Å²) in [7, 11) is 2.98. The Kier molecular flexibility index (Phi) is 13.7. The molecule has 0 aromatic heterocycles. The summed E-state index contributed by atoms with van der Waals surface area (Å²) in [5.41, 5.74) is 2.93. The van der Waals surface area contributed by atoms with Gasteiger partial charge in [-0.25, -0.2) is 4.79 Å². The Balaban J connectivity index is 1.11. The highest BCUT2D eigenvalue weighted by molar-refractivity contribution is 6.21. The van der Waals surface area contributed by atoms with Crippen LogP contribution < -0.4 is 4.74 Å². The number of esters is 1. The molecule has 0 bridgehead atoms. The van der Waals surface area contributed by atoms with Crippen molar-refractivity contribution in [2.75, 3.05) is 27.4 Å². The number of carbonyl (C=O) groups excluding carboxylic acids is 3. The lowest BCUT2D eigenvalue weighted by molar-refractivity contribution is -0.381. The highest BCUT2D eigenvalue weighted by Gasteiger charge is 2.59. The minimum absolute atomic E-state index is 0.0126. The summed E-state index contributed by atoms with van der Waals surface area (Å²) in [5, 5.41) is 12.2. The highest BCUT2D eigenvalue weighted by Crippen LogP contribution is 2.41. The monoisotopic (exact) mass is 887 g/mol. The van der Waals surface area contributed by atoms with Gasteiger partial charge in [-0.2, -0.15) is 0 Å². The summed E-state index contributed by atoms with van der Waals surface area (Å²) in [4.78, 5) is 43.8. The molecule has 4 heterocycles. The molecule has 11 atom stereocenters. The number of imide groups is 1. The van der Waals surface area contributed by atoms with E-state index in [4.69, 9.17) is 47.4 Å². The third-order valence-electron chi connectivity index (χ3n) is 11.9. The number of hydrogen-bond donors (Lipinski definition) is 1. The summed E-state index contributed by atoms with van der Waals surface area (Å²) in [6.07, 6.45) is -12.1. The number of carbonyl (C=O) groups is 3. The Bertz CT molecular complexity index is 2350. The van der Waals surface area contributed by atoms with E-state index in [2.05, 4.69) is 0 Å². The number of aliphatic hydroxyl groups is 1. The molecule has 3 saturated heterocycles. The molecule has 0 unspecified atom stereocenters. The van der Waals surface area contributed by atoms with Crippen LogP contribution in [0.1, 0.15) is 54.1 Å². The summed E-state index contributed by atoms with van der Waals surface area (Å²) in [5.74, 6) is -1.25. The van der Waals surface area contributed by atoms with E-state index in [1.807, 2.05) is 84.9 Å². The first-order chi connectivity index (χ1) is 31.8. The predicted octanol–water partition coefficient (Wildman–Crippen LogP) is 5.64. The molecule has 338 valence electrons. The maximum Gasteiger partial charge on any atom is 0.338 e. The smallest absolute Gasteiger partial charge is 0.338 e. The summed E-state index contributed by atoms with van der Waals surface area (Å²) in [6.45, 7) is 0.0268. The number of ether oxygens (including phenoxy) is 10. The molecule has 5 aromatic rings. The highest BCUT2D eigenvalue weighted by atomic mass is 16.8. The van der Waals surface area contributed by atoms with Gasteiger partial charge < -0.3 is 52.5 Å². The molecule has 0 spiro atoms. The molecular formula is C50H49NO14. The number of benzene rings is 5. The molecule has 3 fully saturated rings. The second kappa shape index (κ2) is 20.1. The normalized spacial score (nSPS) is 28.6. The largest absolute Gasteiger partial charge is 0.497 e. The van der Waals surface area contributed by atoms with Gasteiger partial charge in [-0.15, -0.1) is 0 Å². The molecule has 4 aliphatic heterocycles. The van der Waals surface area contributed by atoms with Gasteiger partial charge in [-0.1, -0.05) is 103 Å². The van der Waals surface area contributed by atoms with E-state index in [1.165, 1.54) is 7.11 Å². The maximum atomic E-state index is 14.4. The molecule has 9 rings (SSSR count). The van der Waals surface area contributed by atoms with Crippen molar-refractivity contribution in [1.29, 1.82) is 0 Å². The molecule has 5 aromatic carbocycles. The number of hydrogen-bond acceptors (Lipinski definition) is 14. The first kappa shape index (κ1) is 44.4. The minimum atomic E-state index is -1.54. The minimum Gasteiger partial charge on any atom is -0.497 e. The second-order valence-electron chi connectivity index (χ2n) is 16.0.